The first-order valence-electron chi connectivity index (χ1n) is 9.09. The van der Waals surface area contributed by atoms with Gasteiger partial charge in [-0.3, -0.25) is 4.79 Å². The summed E-state index contributed by atoms with van der Waals surface area (Å²) in [7, 11) is 1.88. The van der Waals surface area contributed by atoms with Gasteiger partial charge >= 0.3 is 0 Å². The van der Waals surface area contributed by atoms with E-state index in [2.05, 4.69) is 10.3 Å². The second kappa shape index (κ2) is 8.41. The SMILES string of the molecule is Cc1ccc(CCC(=O)N(C)C2CC(Nc3ccc(C#N)nc3)C2)cc1Cl. The molecule has 1 aromatic carbocycles. The molecule has 1 fully saturated rings. The third-order valence-electron chi connectivity index (χ3n) is 5.17. The number of nitrogens with zero attached hydrogens (tertiary/aromatic N) is 3. The lowest BCUT2D eigenvalue weighted by atomic mass is 9.85. The lowest BCUT2D eigenvalue weighted by Gasteiger charge is -2.42. The number of halogens is 1. The average molecular weight is 383 g/mol. The van der Waals surface area contributed by atoms with Crippen molar-refractivity contribution in [3.8, 4) is 6.07 Å². The van der Waals surface area contributed by atoms with Gasteiger partial charge in [-0.25, -0.2) is 4.98 Å². The number of aryl methyl sites for hydroxylation is 2. The van der Waals surface area contributed by atoms with E-state index < -0.39 is 0 Å². The second-order valence-electron chi connectivity index (χ2n) is 7.10. The average Bonchev–Trinajstić information content (AvgIpc) is 2.65. The zero-order chi connectivity index (χ0) is 19.4. The molecule has 0 spiro atoms. The van der Waals surface area contributed by atoms with E-state index in [0.29, 0.717) is 24.6 Å². The van der Waals surface area contributed by atoms with Crippen LogP contribution in [-0.4, -0.2) is 34.9 Å². The van der Waals surface area contributed by atoms with Gasteiger partial charge in [0.15, 0.2) is 0 Å². The maximum absolute atomic E-state index is 12.5. The molecule has 5 nitrogen and oxygen atoms in total. The van der Waals surface area contributed by atoms with Crippen LogP contribution in [0.4, 0.5) is 5.69 Å². The summed E-state index contributed by atoms with van der Waals surface area (Å²) in [5.41, 5.74) is 3.46. The number of carbonyl (C=O) groups is 1. The van der Waals surface area contributed by atoms with Gasteiger partial charge in [-0.05, 0) is 55.5 Å². The number of benzene rings is 1. The summed E-state index contributed by atoms with van der Waals surface area (Å²) in [5.74, 6) is 0.162. The number of hydrogen-bond donors (Lipinski definition) is 1. The summed E-state index contributed by atoms with van der Waals surface area (Å²) in [6.07, 6.45) is 4.70. The molecule has 27 heavy (non-hydrogen) atoms. The van der Waals surface area contributed by atoms with Crippen LogP contribution in [0.1, 0.15) is 36.1 Å². The van der Waals surface area contributed by atoms with Gasteiger partial charge in [0.1, 0.15) is 11.8 Å². The molecule has 0 bridgehead atoms. The van der Waals surface area contributed by atoms with Crippen LogP contribution in [0.3, 0.4) is 0 Å². The first-order chi connectivity index (χ1) is 13.0. The van der Waals surface area contributed by atoms with Crippen LogP contribution in [-0.2, 0) is 11.2 Å². The molecular formula is C21H23ClN4O. The normalized spacial score (nSPS) is 18.3. The highest BCUT2D eigenvalue weighted by Gasteiger charge is 2.33. The van der Waals surface area contributed by atoms with Gasteiger partial charge in [0.2, 0.25) is 5.91 Å². The van der Waals surface area contributed by atoms with E-state index in [1.165, 1.54) is 0 Å². The van der Waals surface area contributed by atoms with Gasteiger partial charge in [-0.2, -0.15) is 5.26 Å². The summed E-state index contributed by atoms with van der Waals surface area (Å²) < 4.78 is 0. The highest BCUT2D eigenvalue weighted by atomic mass is 35.5. The molecule has 6 heteroatoms. The zero-order valence-electron chi connectivity index (χ0n) is 15.6. The molecular weight excluding hydrogens is 360 g/mol. The summed E-state index contributed by atoms with van der Waals surface area (Å²) in [6, 6.07) is 12.1. The number of hydrogen-bond acceptors (Lipinski definition) is 4. The van der Waals surface area contributed by atoms with Crippen molar-refractivity contribution < 1.29 is 4.79 Å². The third-order valence-corrected chi connectivity index (χ3v) is 5.57. The number of pyridine rings is 1. The Labute approximate surface area is 165 Å². The zero-order valence-corrected chi connectivity index (χ0v) is 16.3. The largest absolute Gasteiger partial charge is 0.381 e. The molecule has 140 valence electrons. The first kappa shape index (κ1) is 19.2. The van der Waals surface area contributed by atoms with E-state index in [1.807, 2.05) is 49.2 Å². The van der Waals surface area contributed by atoms with Gasteiger partial charge in [0, 0.05) is 30.6 Å². The number of rotatable bonds is 6. The van der Waals surface area contributed by atoms with E-state index in [-0.39, 0.29) is 11.9 Å². The van der Waals surface area contributed by atoms with Crippen molar-refractivity contribution in [3.05, 3.63) is 58.4 Å². The highest BCUT2D eigenvalue weighted by Crippen LogP contribution is 2.28. The van der Waals surface area contributed by atoms with E-state index in [1.54, 1.807) is 12.3 Å². The third kappa shape index (κ3) is 4.78. The van der Waals surface area contributed by atoms with Gasteiger partial charge < -0.3 is 10.2 Å². The van der Waals surface area contributed by atoms with E-state index in [0.717, 1.165) is 34.7 Å². The fourth-order valence-corrected chi connectivity index (χ4v) is 3.43. The van der Waals surface area contributed by atoms with Crippen LogP contribution in [0.15, 0.2) is 36.5 Å². The van der Waals surface area contributed by atoms with Crippen molar-refractivity contribution in [1.82, 2.24) is 9.88 Å². The van der Waals surface area contributed by atoms with Gasteiger partial charge in [0.25, 0.3) is 0 Å². The molecule has 1 N–H and O–H groups in total. The fraction of sp³-hybridized carbons (Fsp3) is 0.381. The number of aromatic nitrogens is 1. The number of nitriles is 1. The minimum atomic E-state index is 0.162. The van der Waals surface area contributed by atoms with Crippen molar-refractivity contribution in [2.24, 2.45) is 0 Å². The number of anilines is 1. The number of amides is 1. The standard InChI is InChI=1S/C21H23ClN4O/c1-14-3-4-15(9-20(14)22)5-8-21(27)26(2)19-10-18(11-19)25-17-7-6-16(12-23)24-13-17/h3-4,6-7,9,13,18-19,25H,5,8,10-11H2,1-2H3. The maximum atomic E-state index is 12.5. The van der Waals surface area contributed by atoms with Gasteiger partial charge in [-0.1, -0.05) is 23.7 Å². The predicted molar refractivity (Wildman–Crippen MR) is 107 cm³/mol. The molecule has 0 radical (unpaired) electrons. The quantitative estimate of drug-likeness (QED) is 0.821. The Hall–Kier alpha value is -2.58. The Bertz CT molecular complexity index is 853. The molecule has 3 rings (SSSR count). The topological polar surface area (TPSA) is 69.0 Å². The molecule has 0 saturated heterocycles. The lowest BCUT2D eigenvalue weighted by molar-refractivity contribution is -0.133. The van der Waals surface area contributed by atoms with Crippen LogP contribution < -0.4 is 5.32 Å². The molecule has 2 aromatic rings. The van der Waals surface area contributed by atoms with Crippen LogP contribution in [0.25, 0.3) is 0 Å². The van der Waals surface area contributed by atoms with Gasteiger partial charge in [0.05, 0.1) is 11.9 Å². The Kier molecular flexibility index (Phi) is 5.98. The summed E-state index contributed by atoms with van der Waals surface area (Å²) in [6.45, 7) is 1.97. The van der Waals surface area contributed by atoms with E-state index in [9.17, 15) is 4.79 Å². The van der Waals surface area contributed by atoms with Crippen molar-refractivity contribution >= 4 is 23.2 Å². The van der Waals surface area contributed by atoms with E-state index >= 15 is 0 Å². The van der Waals surface area contributed by atoms with Crippen LogP contribution in [0, 0.1) is 18.3 Å². The molecule has 1 aliphatic carbocycles. The van der Waals surface area contributed by atoms with E-state index in [4.69, 9.17) is 16.9 Å². The minimum absolute atomic E-state index is 0.162. The smallest absolute Gasteiger partial charge is 0.222 e. The Morgan fingerprint density at radius 3 is 2.78 bits per heavy atom. The van der Waals surface area contributed by atoms with Crippen molar-refractivity contribution in [3.63, 3.8) is 0 Å². The number of nitrogens with one attached hydrogen (secondary N) is 1. The van der Waals surface area contributed by atoms with Gasteiger partial charge in [-0.15, -0.1) is 0 Å². The number of carbonyl (C=O) groups excluding carboxylic acids is 1. The molecule has 1 aliphatic rings. The summed E-state index contributed by atoms with van der Waals surface area (Å²) >= 11 is 6.15. The minimum Gasteiger partial charge on any atom is -0.381 e. The summed E-state index contributed by atoms with van der Waals surface area (Å²) in [5, 5.41) is 12.9. The molecule has 0 unspecified atom stereocenters. The molecule has 1 heterocycles. The predicted octanol–water partition coefficient (Wildman–Crippen LogP) is 3.95. The first-order valence-corrected chi connectivity index (χ1v) is 9.47. The Morgan fingerprint density at radius 1 is 1.37 bits per heavy atom. The monoisotopic (exact) mass is 382 g/mol. The van der Waals surface area contributed by atoms with Crippen molar-refractivity contribution in [1.29, 1.82) is 5.26 Å². The van der Waals surface area contributed by atoms with Crippen LogP contribution in [0.2, 0.25) is 5.02 Å². The molecule has 0 aliphatic heterocycles. The van der Waals surface area contributed by atoms with Crippen LogP contribution in [0.5, 0.6) is 0 Å². The highest BCUT2D eigenvalue weighted by molar-refractivity contribution is 6.31. The summed E-state index contributed by atoms with van der Waals surface area (Å²) in [4.78, 5) is 18.4. The second-order valence-corrected chi connectivity index (χ2v) is 7.51. The van der Waals surface area contributed by atoms with Crippen molar-refractivity contribution in [2.45, 2.75) is 44.7 Å². The Morgan fingerprint density at radius 2 is 2.15 bits per heavy atom. The fourth-order valence-electron chi connectivity index (χ4n) is 3.23. The molecule has 0 atom stereocenters. The van der Waals surface area contributed by atoms with Crippen molar-refractivity contribution in [2.75, 3.05) is 12.4 Å². The Balaban J connectivity index is 1.43. The maximum Gasteiger partial charge on any atom is 0.222 e. The lowest BCUT2D eigenvalue weighted by Crippen LogP contribution is -2.50. The molecule has 1 aromatic heterocycles. The molecule has 1 saturated carbocycles. The molecule has 1 amide bonds. The van der Waals surface area contributed by atoms with Crippen LogP contribution >= 0.6 is 11.6 Å².